The molecule has 0 radical (unpaired) electrons. The molecular weight excluding hydrogens is 253 g/mol. The van der Waals surface area contributed by atoms with Crippen molar-refractivity contribution in [2.24, 2.45) is 0 Å². The van der Waals surface area contributed by atoms with E-state index >= 15 is 0 Å². The topological polar surface area (TPSA) is 17.1 Å². The zero-order chi connectivity index (χ0) is 14.0. The molecule has 0 aliphatic rings. The van der Waals surface area contributed by atoms with Gasteiger partial charge >= 0.3 is 0 Å². The van der Waals surface area contributed by atoms with Crippen molar-refractivity contribution in [3.63, 3.8) is 0 Å². The van der Waals surface area contributed by atoms with Gasteiger partial charge in [0.05, 0.1) is 5.56 Å². The molecule has 0 amide bonds. The van der Waals surface area contributed by atoms with Crippen LogP contribution in [0, 0.1) is 24.4 Å². The summed E-state index contributed by atoms with van der Waals surface area (Å²) >= 11 is 0. The number of hydrogen-bond donors (Lipinski definition) is 0. The quantitative estimate of drug-likeness (QED) is 0.770. The van der Waals surface area contributed by atoms with E-state index in [1.807, 2.05) is 0 Å². The molecule has 0 atom stereocenters. The van der Waals surface area contributed by atoms with Gasteiger partial charge in [0.2, 0.25) is 0 Å². The summed E-state index contributed by atoms with van der Waals surface area (Å²) in [4.78, 5) is 11.9. The lowest BCUT2D eigenvalue weighted by Crippen LogP contribution is -2.08. The van der Waals surface area contributed by atoms with Gasteiger partial charge < -0.3 is 0 Å². The van der Waals surface area contributed by atoms with Gasteiger partial charge in [-0.15, -0.1) is 0 Å². The number of Topliss-reactive ketones (excluding diaryl/α,β-unsaturated/α-hetero) is 1. The molecule has 2 aromatic rings. The van der Waals surface area contributed by atoms with Crippen LogP contribution >= 0.6 is 0 Å². The van der Waals surface area contributed by atoms with Crippen LogP contribution in [0.5, 0.6) is 0 Å². The number of ketones is 1. The first-order valence-corrected chi connectivity index (χ1v) is 5.71. The first-order chi connectivity index (χ1) is 8.99. The molecule has 4 heteroatoms. The molecule has 2 aromatic carbocycles. The molecule has 0 bridgehead atoms. The maximum Gasteiger partial charge on any atom is 0.170 e. The van der Waals surface area contributed by atoms with E-state index in [0.717, 1.165) is 6.07 Å². The Morgan fingerprint density at radius 2 is 1.84 bits per heavy atom. The van der Waals surface area contributed by atoms with Crippen molar-refractivity contribution in [1.29, 1.82) is 0 Å². The van der Waals surface area contributed by atoms with Crippen molar-refractivity contribution < 1.29 is 18.0 Å². The van der Waals surface area contributed by atoms with E-state index < -0.39 is 23.2 Å². The van der Waals surface area contributed by atoms with Gasteiger partial charge in [-0.3, -0.25) is 4.79 Å². The minimum atomic E-state index is -0.804. The summed E-state index contributed by atoms with van der Waals surface area (Å²) in [6, 6.07) is 7.42. The number of carbonyl (C=O) groups is 1. The maximum atomic E-state index is 13.7. The number of benzene rings is 2. The van der Waals surface area contributed by atoms with Gasteiger partial charge in [-0.25, -0.2) is 13.2 Å². The number of halogens is 3. The molecule has 0 heterocycles. The van der Waals surface area contributed by atoms with E-state index in [-0.39, 0.29) is 17.5 Å². The summed E-state index contributed by atoms with van der Waals surface area (Å²) in [6.07, 6.45) is -0.299. The molecule has 0 spiro atoms. The zero-order valence-electron chi connectivity index (χ0n) is 10.2. The van der Waals surface area contributed by atoms with Crippen LogP contribution in [0.1, 0.15) is 21.5 Å². The number of rotatable bonds is 3. The maximum absolute atomic E-state index is 13.7. The molecule has 0 N–H and O–H groups in total. The van der Waals surface area contributed by atoms with Crippen LogP contribution in [0.25, 0.3) is 0 Å². The molecular formula is C15H11F3O. The predicted molar refractivity (Wildman–Crippen MR) is 65.5 cm³/mol. The highest BCUT2D eigenvalue weighted by molar-refractivity contribution is 5.97. The van der Waals surface area contributed by atoms with Crippen LogP contribution in [0.4, 0.5) is 13.2 Å². The highest BCUT2D eigenvalue weighted by Gasteiger charge is 2.15. The molecule has 0 saturated carbocycles. The lowest BCUT2D eigenvalue weighted by molar-refractivity contribution is 0.0987. The van der Waals surface area contributed by atoms with E-state index in [4.69, 9.17) is 0 Å². The van der Waals surface area contributed by atoms with Crippen LogP contribution < -0.4 is 0 Å². The van der Waals surface area contributed by atoms with Crippen molar-refractivity contribution in [1.82, 2.24) is 0 Å². The van der Waals surface area contributed by atoms with Gasteiger partial charge in [0.15, 0.2) is 5.78 Å². The summed E-state index contributed by atoms with van der Waals surface area (Å²) in [7, 11) is 0. The Labute approximate surface area is 108 Å². The molecule has 0 aliphatic carbocycles. The summed E-state index contributed by atoms with van der Waals surface area (Å²) in [5.74, 6) is -2.65. The van der Waals surface area contributed by atoms with E-state index in [1.54, 1.807) is 19.1 Å². The third-order valence-electron chi connectivity index (χ3n) is 2.86. The SMILES string of the molecule is Cc1cccc(C(=O)Cc2ccc(F)cc2F)c1F. The van der Waals surface area contributed by atoms with E-state index in [2.05, 4.69) is 0 Å². The molecule has 0 unspecified atom stereocenters. The Morgan fingerprint density at radius 1 is 1.11 bits per heavy atom. The minimum Gasteiger partial charge on any atom is -0.294 e. The van der Waals surface area contributed by atoms with Crippen LogP contribution in [-0.2, 0) is 6.42 Å². The molecule has 2 rings (SSSR count). The van der Waals surface area contributed by atoms with Crippen molar-refractivity contribution in [2.75, 3.05) is 0 Å². The molecule has 0 aromatic heterocycles. The molecule has 19 heavy (non-hydrogen) atoms. The molecule has 0 fully saturated rings. The summed E-state index contributed by atoms with van der Waals surface area (Å²) in [5.41, 5.74) is 0.321. The highest BCUT2D eigenvalue weighted by Crippen LogP contribution is 2.17. The van der Waals surface area contributed by atoms with Gasteiger partial charge in [-0.05, 0) is 30.2 Å². The summed E-state index contributed by atoms with van der Waals surface area (Å²) < 4.78 is 39.9. The van der Waals surface area contributed by atoms with Gasteiger partial charge in [0.25, 0.3) is 0 Å². The lowest BCUT2D eigenvalue weighted by atomic mass is 10.0. The van der Waals surface area contributed by atoms with Crippen molar-refractivity contribution in [3.05, 3.63) is 70.5 Å². The average molecular weight is 264 g/mol. The molecule has 0 saturated heterocycles. The molecule has 98 valence electrons. The smallest absolute Gasteiger partial charge is 0.170 e. The van der Waals surface area contributed by atoms with Gasteiger partial charge in [-0.1, -0.05) is 18.2 Å². The van der Waals surface area contributed by atoms with Crippen LogP contribution in [0.15, 0.2) is 36.4 Å². The highest BCUT2D eigenvalue weighted by atomic mass is 19.1. The number of aryl methyl sites for hydroxylation is 1. The van der Waals surface area contributed by atoms with Crippen molar-refractivity contribution >= 4 is 5.78 Å². The summed E-state index contributed by atoms with van der Waals surface area (Å²) in [6.45, 7) is 1.55. The fraction of sp³-hybridized carbons (Fsp3) is 0.133. The third kappa shape index (κ3) is 2.84. The third-order valence-corrected chi connectivity index (χ3v) is 2.86. The van der Waals surface area contributed by atoms with Crippen LogP contribution in [0.3, 0.4) is 0 Å². The van der Waals surface area contributed by atoms with Crippen molar-refractivity contribution in [2.45, 2.75) is 13.3 Å². The van der Waals surface area contributed by atoms with Gasteiger partial charge in [0, 0.05) is 12.5 Å². The number of hydrogen-bond acceptors (Lipinski definition) is 1. The Morgan fingerprint density at radius 3 is 2.53 bits per heavy atom. The van der Waals surface area contributed by atoms with E-state index in [0.29, 0.717) is 11.6 Å². The fourth-order valence-electron chi connectivity index (χ4n) is 1.80. The second-order valence-corrected chi connectivity index (χ2v) is 4.27. The standard InChI is InChI=1S/C15H11F3O/c1-9-3-2-4-12(15(9)18)14(19)7-10-5-6-11(16)8-13(10)17/h2-6,8H,7H2,1H3. The minimum absolute atomic E-state index is 0.0484. The average Bonchev–Trinajstić information content (AvgIpc) is 2.36. The molecule has 0 aliphatic heterocycles. The van der Waals surface area contributed by atoms with Gasteiger partial charge in [0.1, 0.15) is 17.5 Å². The first-order valence-electron chi connectivity index (χ1n) is 5.71. The van der Waals surface area contributed by atoms with E-state index in [9.17, 15) is 18.0 Å². The largest absolute Gasteiger partial charge is 0.294 e. The second-order valence-electron chi connectivity index (χ2n) is 4.27. The van der Waals surface area contributed by atoms with E-state index in [1.165, 1.54) is 12.1 Å². The fourth-order valence-corrected chi connectivity index (χ4v) is 1.80. The summed E-state index contributed by atoms with van der Waals surface area (Å²) in [5, 5.41) is 0. The Kier molecular flexibility index (Phi) is 3.69. The monoisotopic (exact) mass is 264 g/mol. The number of carbonyl (C=O) groups excluding carboxylic acids is 1. The van der Waals surface area contributed by atoms with Crippen LogP contribution in [0.2, 0.25) is 0 Å². The molecule has 1 nitrogen and oxygen atoms in total. The normalized spacial score (nSPS) is 10.5. The van der Waals surface area contributed by atoms with Gasteiger partial charge in [-0.2, -0.15) is 0 Å². The Hall–Kier alpha value is -2.10. The zero-order valence-corrected chi connectivity index (χ0v) is 10.2. The Bertz CT molecular complexity index is 635. The second kappa shape index (κ2) is 5.26. The predicted octanol–water partition coefficient (Wildman–Crippen LogP) is 3.84. The first kappa shape index (κ1) is 13.3. The van der Waals surface area contributed by atoms with Crippen molar-refractivity contribution in [3.8, 4) is 0 Å². The van der Waals surface area contributed by atoms with Crippen LogP contribution in [-0.4, -0.2) is 5.78 Å². The lowest BCUT2D eigenvalue weighted by Gasteiger charge is -2.06. The Balaban J connectivity index is 2.28.